The Balaban J connectivity index is 2.36. The number of hydrogen-bond donors (Lipinski definition) is 1. The van der Waals surface area contributed by atoms with E-state index in [9.17, 15) is 0 Å². The lowest BCUT2D eigenvalue weighted by molar-refractivity contribution is 0.160. The summed E-state index contributed by atoms with van der Waals surface area (Å²) in [5.74, 6) is 0.963. The van der Waals surface area contributed by atoms with Gasteiger partial charge >= 0.3 is 0 Å². The van der Waals surface area contributed by atoms with Crippen LogP contribution in [0.2, 0.25) is 0 Å². The van der Waals surface area contributed by atoms with E-state index < -0.39 is 0 Å². The number of hydrogen-bond acceptors (Lipinski definition) is 2. The second kappa shape index (κ2) is 7.49. The number of rotatable bonds is 8. The molecule has 2 heteroatoms. The fourth-order valence-electron chi connectivity index (χ4n) is 3.05. The molecule has 0 aliphatic carbocycles. The molecule has 0 bridgehead atoms. The highest BCUT2D eigenvalue weighted by molar-refractivity contribution is 4.86. The molecule has 1 saturated heterocycles. The maximum Gasteiger partial charge on any atom is 0.0102 e. The molecule has 0 saturated carbocycles. The average molecular weight is 254 g/mol. The Morgan fingerprint density at radius 3 is 2.61 bits per heavy atom. The first-order valence-electron chi connectivity index (χ1n) is 7.95. The van der Waals surface area contributed by atoms with Crippen molar-refractivity contribution < 1.29 is 0 Å². The summed E-state index contributed by atoms with van der Waals surface area (Å²) in [6.45, 7) is 16.7. The van der Waals surface area contributed by atoms with Gasteiger partial charge in [0, 0.05) is 19.1 Å². The molecule has 0 spiro atoms. The normalized spacial score (nSPS) is 23.5. The minimum atomic E-state index is 0.371. The first-order valence-corrected chi connectivity index (χ1v) is 7.95. The van der Waals surface area contributed by atoms with Crippen molar-refractivity contribution in [2.75, 3.05) is 26.2 Å². The van der Waals surface area contributed by atoms with Gasteiger partial charge in [-0.3, -0.25) is 0 Å². The second-order valence-electron chi connectivity index (χ2n) is 6.84. The zero-order valence-corrected chi connectivity index (χ0v) is 13.3. The molecule has 0 aromatic carbocycles. The predicted molar refractivity (Wildman–Crippen MR) is 81.0 cm³/mol. The van der Waals surface area contributed by atoms with Crippen molar-refractivity contribution >= 4 is 0 Å². The van der Waals surface area contributed by atoms with Crippen molar-refractivity contribution in [1.82, 2.24) is 10.2 Å². The molecule has 1 aliphatic heterocycles. The van der Waals surface area contributed by atoms with E-state index in [0.29, 0.717) is 11.5 Å². The van der Waals surface area contributed by atoms with Crippen LogP contribution in [-0.2, 0) is 0 Å². The van der Waals surface area contributed by atoms with Crippen molar-refractivity contribution in [3.8, 4) is 0 Å². The molecule has 1 N–H and O–H groups in total. The molecule has 0 aromatic heterocycles. The molecule has 1 heterocycles. The molecule has 0 amide bonds. The summed E-state index contributed by atoms with van der Waals surface area (Å²) in [5.41, 5.74) is 0.371. The van der Waals surface area contributed by atoms with Crippen LogP contribution in [-0.4, -0.2) is 37.1 Å². The summed E-state index contributed by atoms with van der Waals surface area (Å²) in [6.07, 6.45) is 5.40. The van der Waals surface area contributed by atoms with Crippen LogP contribution in [0, 0.1) is 11.3 Å². The zero-order chi connectivity index (χ0) is 13.6. The maximum absolute atomic E-state index is 3.66. The van der Waals surface area contributed by atoms with Gasteiger partial charge in [-0.25, -0.2) is 0 Å². The molecule has 1 aliphatic rings. The van der Waals surface area contributed by atoms with E-state index in [1.165, 1.54) is 45.3 Å². The van der Waals surface area contributed by atoms with Gasteiger partial charge in [0.1, 0.15) is 0 Å². The fraction of sp³-hybridized carbons (Fsp3) is 1.00. The fourth-order valence-corrected chi connectivity index (χ4v) is 3.05. The Bertz CT molecular complexity index is 225. The molecule has 1 rings (SSSR count). The van der Waals surface area contributed by atoms with Crippen LogP contribution >= 0.6 is 0 Å². The molecular weight excluding hydrogens is 220 g/mol. The Kier molecular flexibility index (Phi) is 6.65. The third-order valence-electron chi connectivity index (χ3n) is 4.57. The van der Waals surface area contributed by atoms with Gasteiger partial charge in [-0.05, 0) is 50.6 Å². The lowest BCUT2D eigenvalue weighted by Gasteiger charge is -2.36. The van der Waals surface area contributed by atoms with E-state index in [1.807, 2.05) is 0 Å². The minimum absolute atomic E-state index is 0.371. The van der Waals surface area contributed by atoms with Gasteiger partial charge < -0.3 is 10.2 Å². The minimum Gasteiger partial charge on any atom is -0.314 e. The van der Waals surface area contributed by atoms with Crippen molar-refractivity contribution in [1.29, 1.82) is 0 Å². The van der Waals surface area contributed by atoms with Crippen LogP contribution in [0.4, 0.5) is 0 Å². The van der Waals surface area contributed by atoms with Crippen LogP contribution in [0.3, 0.4) is 0 Å². The van der Waals surface area contributed by atoms with Crippen molar-refractivity contribution in [2.24, 2.45) is 11.3 Å². The number of likely N-dealkylation sites (tertiary alicyclic amines) is 1. The van der Waals surface area contributed by atoms with Gasteiger partial charge in [-0.2, -0.15) is 0 Å². The highest BCUT2D eigenvalue weighted by atomic mass is 15.2. The molecule has 18 heavy (non-hydrogen) atoms. The summed E-state index contributed by atoms with van der Waals surface area (Å²) >= 11 is 0. The maximum atomic E-state index is 3.66. The van der Waals surface area contributed by atoms with Crippen molar-refractivity contribution in [3.63, 3.8) is 0 Å². The van der Waals surface area contributed by atoms with Crippen LogP contribution in [0.5, 0.6) is 0 Å². The summed E-state index contributed by atoms with van der Waals surface area (Å²) < 4.78 is 0. The van der Waals surface area contributed by atoms with Gasteiger partial charge in [0.15, 0.2) is 0 Å². The van der Waals surface area contributed by atoms with E-state index in [4.69, 9.17) is 0 Å². The standard InChI is InChI=1S/C16H34N2/c1-6-8-15-9-11-18(12-15)13-16(4,5)14(3)17-10-7-2/h14-15,17H,6-13H2,1-5H3. The van der Waals surface area contributed by atoms with Gasteiger partial charge in [0.2, 0.25) is 0 Å². The van der Waals surface area contributed by atoms with E-state index in [2.05, 4.69) is 44.8 Å². The van der Waals surface area contributed by atoms with Crippen molar-refractivity contribution in [3.05, 3.63) is 0 Å². The molecule has 2 nitrogen and oxygen atoms in total. The third kappa shape index (κ3) is 4.89. The summed E-state index contributed by atoms with van der Waals surface area (Å²) in [5, 5.41) is 3.66. The van der Waals surface area contributed by atoms with Crippen LogP contribution in [0.25, 0.3) is 0 Å². The lowest BCUT2D eigenvalue weighted by Crippen LogP contribution is -2.46. The lowest BCUT2D eigenvalue weighted by atomic mass is 9.84. The number of nitrogens with zero attached hydrogens (tertiary/aromatic N) is 1. The summed E-state index contributed by atoms with van der Waals surface area (Å²) in [4.78, 5) is 2.68. The van der Waals surface area contributed by atoms with E-state index >= 15 is 0 Å². The highest BCUT2D eigenvalue weighted by Gasteiger charge is 2.31. The van der Waals surface area contributed by atoms with E-state index in [-0.39, 0.29) is 0 Å². The highest BCUT2D eigenvalue weighted by Crippen LogP contribution is 2.27. The molecule has 2 atom stereocenters. The topological polar surface area (TPSA) is 15.3 Å². The first kappa shape index (κ1) is 16.0. The molecule has 0 radical (unpaired) electrons. The quantitative estimate of drug-likeness (QED) is 0.713. The Hall–Kier alpha value is -0.0800. The average Bonchev–Trinajstić information content (AvgIpc) is 2.73. The van der Waals surface area contributed by atoms with Crippen LogP contribution < -0.4 is 5.32 Å². The molecule has 0 aromatic rings. The van der Waals surface area contributed by atoms with Gasteiger partial charge in [0.25, 0.3) is 0 Å². The van der Waals surface area contributed by atoms with Crippen LogP contribution in [0.1, 0.15) is 60.3 Å². The molecular formula is C16H34N2. The smallest absolute Gasteiger partial charge is 0.0102 e. The van der Waals surface area contributed by atoms with E-state index in [0.717, 1.165) is 12.5 Å². The summed E-state index contributed by atoms with van der Waals surface area (Å²) in [7, 11) is 0. The Morgan fingerprint density at radius 1 is 1.28 bits per heavy atom. The van der Waals surface area contributed by atoms with Crippen LogP contribution in [0.15, 0.2) is 0 Å². The van der Waals surface area contributed by atoms with Gasteiger partial charge in [0.05, 0.1) is 0 Å². The third-order valence-corrected chi connectivity index (χ3v) is 4.57. The van der Waals surface area contributed by atoms with Crippen molar-refractivity contribution in [2.45, 2.75) is 66.3 Å². The van der Waals surface area contributed by atoms with Gasteiger partial charge in [-0.1, -0.05) is 34.1 Å². The molecule has 1 fully saturated rings. The zero-order valence-electron chi connectivity index (χ0n) is 13.3. The first-order chi connectivity index (χ1) is 8.49. The largest absolute Gasteiger partial charge is 0.314 e. The molecule has 108 valence electrons. The Labute approximate surface area is 115 Å². The molecule has 2 unspecified atom stereocenters. The second-order valence-corrected chi connectivity index (χ2v) is 6.84. The van der Waals surface area contributed by atoms with Gasteiger partial charge in [-0.15, -0.1) is 0 Å². The predicted octanol–water partition coefficient (Wildman–Crippen LogP) is 3.52. The van der Waals surface area contributed by atoms with E-state index in [1.54, 1.807) is 0 Å². The Morgan fingerprint density at radius 2 is 2.00 bits per heavy atom. The summed E-state index contributed by atoms with van der Waals surface area (Å²) in [6, 6.07) is 0.600. The SMILES string of the molecule is CCCNC(C)C(C)(C)CN1CCC(CCC)C1. The number of nitrogens with one attached hydrogen (secondary N) is 1. The monoisotopic (exact) mass is 254 g/mol.